The Kier molecular flexibility index (Phi) is 1.99. The minimum absolute atomic E-state index is 0.211. The Labute approximate surface area is 70.4 Å². The fourth-order valence-electron chi connectivity index (χ4n) is 1.04. The Morgan fingerprint density at radius 1 is 1.75 bits per heavy atom. The van der Waals surface area contributed by atoms with E-state index < -0.39 is 5.97 Å². The number of carboxylic acids is 1. The Bertz CT molecular complexity index is 339. The van der Waals surface area contributed by atoms with E-state index in [9.17, 15) is 4.79 Å². The number of hydrogen-bond acceptors (Lipinski definition) is 1. The zero-order valence-electron chi connectivity index (χ0n) is 7.11. The molecule has 0 radical (unpaired) electrons. The third kappa shape index (κ3) is 1.23. The summed E-state index contributed by atoms with van der Waals surface area (Å²) in [7, 11) is 1.68. The Hall–Kier alpha value is -1.58. The third-order valence-electron chi connectivity index (χ3n) is 1.60. The van der Waals surface area contributed by atoms with E-state index in [1.54, 1.807) is 26.4 Å². The molecule has 0 saturated heterocycles. The number of aryl methyl sites for hydroxylation is 1. The number of aromatic carboxylic acids is 1. The lowest BCUT2D eigenvalue weighted by Crippen LogP contribution is -2.34. The van der Waals surface area contributed by atoms with Gasteiger partial charge >= 0.3 is 11.8 Å². The maximum Gasteiger partial charge on any atom is 0.420 e. The second kappa shape index (κ2) is 2.81. The normalized spacial score (nSPS) is 9.83. The van der Waals surface area contributed by atoms with Crippen molar-refractivity contribution in [3.63, 3.8) is 0 Å². The molecule has 12 heavy (non-hydrogen) atoms. The van der Waals surface area contributed by atoms with Crippen molar-refractivity contribution in [1.82, 2.24) is 4.57 Å². The number of nitrogens with zero attached hydrogens (tertiary/aromatic N) is 2. The van der Waals surface area contributed by atoms with Gasteiger partial charge in [-0.2, -0.15) is 4.57 Å². The standard InChI is InChI=1S/C8H10N2O2/c1-6(2)10-5-4-9(3)7(10)8(11)12/h4-5H,1H2,2-3H3/p+1. The first-order chi connectivity index (χ1) is 5.54. The summed E-state index contributed by atoms with van der Waals surface area (Å²) in [4.78, 5) is 10.7. The molecule has 64 valence electrons. The van der Waals surface area contributed by atoms with Crippen LogP contribution in [-0.4, -0.2) is 15.6 Å². The van der Waals surface area contributed by atoms with E-state index in [0.717, 1.165) is 0 Å². The van der Waals surface area contributed by atoms with Gasteiger partial charge in [0.25, 0.3) is 0 Å². The van der Waals surface area contributed by atoms with Crippen molar-refractivity contribution in [2.24, 2.45) is 7.05 Å². The highest BCUT2D eigenvalue weighted by molar-refractivity contribution is 5.83. The predicted octanol–water partition coefficient (Wildman–Crippen LogP) is 0.501. The molecule has 1 N–H and O–H groups in total. The van der Waals surface area contributed by atoms with E-state index in [1.807, 2.05) is 0 Å². The lowest BCUT2D eigenvalue weighted by atomic mass is 10.5. The SMILES string of the molecule is C=C(C)n1cc[n+](C)c1C(=O)O. The van der Waals surface area contributed by atoms with E-state index in [0.29, 0.717) is 5.70 Å². The van der Waals surface area contributed by atoms with Crippen molar-refractivity contribution < 1.29 is 14.5 Å². The number of allylic oxidation sites excluding steroid dienone is 1. The first kappa shape index (κ1) is 8.52. The molecule has 1 aromatic rings. The van der Waals surface area contributed by atoms with Gasteiger partial charge in [-0.3, -0.25) is 0 Å². The highest BCUT2D eigenvalue weighted by atomic mass is 16.4. The van der Waals surface area contributed by atoms with Crippen LogP contribution in [0.2, 0.25) is 0 Å². The molecule has 0 bridgehead atoms. The van der Waals surface area contributed by atoms with E-state index in [-0.39, 0.29) is 5.82 Å². The maximum atomic E-state index is 10.7. The van der Waals surface area contributed by atoms with Crippen molar-refractivity contribution in [3.05, 3.63) is 24.8 Å². The van der Waals surface area contributed by atoms with Gasteiger partial charge in [0, 0.05) is 0 Å². The largest absolute Gasteiger partial charge is 0.472 e. The molecule has 0 saturated carbocycles. The smallest absolute Gasteiger partial charge is 0.420 e. The van der Waals surface area contributed by atoms with Crippen LogP contribution in [0.5, 0.6) is 0 Å². The van der Waals surface area contributed by atoms with E-state index >= 15 is 0 Å². The van der Waals surface area contributed by atoms with E-state index in [2.05, 4.69) is 6.58 Å². The van der Waals surface area contributed by atoms with Gasteiger partial charge in [0.1, 0.15) is 12.4 Å². The highest BCUT2D eigenvalue weighted by Gasteiger charge is 2.22. The van der Waals surface area contributed by atoms with Gasteiger partial charge in [-0.25, -0.2) is 9.36 Å². The summed E-state index contributed by atoms with van der Waals surface area (Å²) in [5.74, 6) is -0.743. The summed E-state index contributed by atoms with van der Waals surface area (Å²) in [6, 6.07) is 0. The average Bonchev–Trinajstić information content (AvgIpc) is 2.30. The molecular formula is C8H11N2O2+. The first-order valence-electron chi connectivity index (χ1n) is 3.50. The molecule has 0 aliphatic heterocycles. The average molecular weight is 167 g/mol. The third-order valence-corrected chi connectivity index (χ3v) is 1.60. The van der Waals surface area contributed by atoms with Gasteiger partial charge in [-0.1, -0.05) is 6.58 Å². The van der Waals surface area contributed by atoms with Crippen LogP contribution in [-0.2, 0) is 7.05 Å². The summed E-state index contributed by atoms with van der Waals surface area (Å²) in [5.41, 5.74) is 0.688. The topological polar surface area (TPSA) is 46.1 Å². The monoisotopic (exact) mass is 167 g/mol. The predicted molar refractivity (Wildman–Crippen MR) is 43.6 cm³/mol. The second-order valence-electron chi connectivity index (χ2n) is 2.64. The van der Waals surface area contributed by atoms with Crippen molar-refractivity contribution in [2.75, 3.05) is 0 Å². The van der Waals surface area contributed by atoms with Crippen molar-refractivity contribution in [1.29, 1.82) is 0 Å². The van der Waals surface area contributed by atoms with Crippen LogP contribution in [0.4, 0.5) is 0 Å². The molecule has 0 atom stereocenters. The summed E-state index contributed by atoms with van der Waals surface area (Å²) in [6.07, 6.45) is 3.35. The molecule has 0 spiro atoms. The molecule has 0 unspecified atom stereocenters. The van der Waals surface area contributed by atoms with Crippen LogP contribution in [0.3, 0.4) is 0 Å². The van der Waals surface area contributed by atoms with Gasteiger partial charge in [0.15, 0.2) is 0 Å². The first-order valence-corrected chi connectivity index (χ1v) is 3.50. The number of rotatable bonds is 2. The maximum absolute atomic E-state index is 10.7. The molecule has 4 heteroatoms. The van der Waals surface area contributed by atoms with Crippen molar-refractivity contribution >= 4 is 11.7 Å². The molecule has 0 aromatic carbocycles. The fourth-order valence-corrected chi connectivity index (χ4v) is 1.04. The molecular weight excluding hydrogens is 156 g/mol. The molecule has 0 aliphatic carbocycles. The zero-order chi connectivity index (χ0) is 9.30. The van der Waals surface area contributed by atoms with Crippen LogP contribution in [0.1, 0.15) is 17.5 Å². The number of carbonyl (C=O) groups is 1. The number of hydrogen-bond donors (Lipinski definition) is 1. The van der Waals surface area contributed by atoms with Crippen LogP contribution in [0.15, 0.2) is 19.0 Å². The van der Waals surface area contributed by atoms with Gasteiger partial charge in [-0.15, -0.1) is 0 Å². The van der Waals surface area contributed by atoms with Crippen LogP contribution in [0.25, 0.3) is 5.70 Å². The Morgan fingerprint density at radius 3 is 2.67 bits per heavy atom. The summed E-state index contributed by atoms with van der Waals surface area (Å²) in [6.45, 7) is 5.42. The van der Waals surface area contributed by atoms with Gasteiger partial charge in [0.05, 0.1) is 12.7 Å². The molecule has 0 aliphatic rings. The van der Waals surface area contributed by atoms with E-state index in [4.69, 9.17) is 5.11 Å². The second-order valence-corrected chi connectivity index (χ2v) is 2.64. The molecule has 1 heterocycles. The quantitative estimate of drug-likeness (QED) is 0.652. The van der Waals surface area contributed by atoms with Crippen LogP contribution < -0.4 is 4.57 Å². The van der Waals surface area contributed by atoms with Gasteiger partial charge in [0.2, 0.25) is 0 Å². The lowest BCUT2D eigenvalue weighted by molar-refractivity contribution is -0.673. The number of imidazole rings is 1. The summed E-state index contributed by atoms with van der Waals surface area (Å²) >= 11 is 0. The molecule has 1 rings (SSSR count). The number of aromatic nitrogens is 2. The minimum Gasteiger partial charge on any atom is -0.472 e. The summed E-state index contributed by atoms with van der Waals surface area (Å²) < 4.78 is 3.07. The molecule has 0 fully saturated rings. The van der Waals surface area contributed by atoms with Crippen molar-refractivity contribution in [2.45, 2.75) is 6.92 Å². The minimum atomic E-state index is -0.953. The lowest BCUT2D eigenvalue weighted by Gasteiger charge is -1.94. The van der Waals surface area contributed by atoms with Gasteiger partial charge in [-0.05, 0) is 6.92 Å². The summed E-state index contributed by atoms with van der Waals surface area (Å²) in [5, 5.41) is 8.80. The fraction of sp³-hybridized carbons (Fsp3) is 0.250. The molecule has 0 amide bonds. The highest BCUT2D eigenvalue weighted by Crippen LogP contribution is 2.02. The van der Waals surface area contributed by atoms with Crippen molar-refractivity contribution in [3.8, 4) is 0 Å². The molecule has 1 aromatic heterocycles. The Morgan fingerprint density at radius 2 is 2.33 bits per heavy atom. The van der Waals surface area contributed by atoms with Crippen LogP contribution in [0, 0.1) is 0 Å². The zero-order valence-corrected chi connectivity index (χ0v) is 7.11. The van der Waals surface area contributed by atoms with E-state index in [1.165, 1.54) is 9.13 Å². The molecule has 4 nitrogen and oxygen atoms in total. The number of carboxylic acid groups (broad SMARTS) is 1. The van der Waals surface area contributed by atoms with Crippen LogP contribution >= 0.6 is 0 Å². The van der Waals surface area contributed by atoms with Gasteiger partial charge < -0.3 is 5.11 Å². The Balaban J connectivity index is 3.31.